The number of amides is 2. The Balaban J connectivity index is 1.87. The van der Waals surface area contributed by atoms with Gasteiger partial charge in [-0.2, -0.15) is 11.3 Å². The van der Waals surface area contributed by atoms with Crippen LogP contribution in [-0.2, 0) is 15.2 Å². The molecule has 2 aromatic rings. The van der Waals surface area contributed by atoms with Crippen molar-refractivity contribution in [2.75, 3.05) is 11.9 Å². The minimum atomic E-state index is -1.09. The molecule has 1 aromatic carbocycles. The standard InChI is InChI=1S/C18H20N2O3S/c1-13(21)20-16-6-3-14(4-7-16)5-8-17(22)19-12-18(2,23)15-9-10-24-11-15/h3-11,23H,12H2,1-2H3,(H,19,22)(H,20,21). The van der Waals surface area contributed by atoms with Crippen LogP contribution in [0.4, 0.5) is 5.69 Å². The van der Waals surface area contributed by atoms with E-state index in [0.29, 0.717) is 5.69 Å². The molecule has 2 rings (SSSR count). The number of rotatable bonds is 6. The first-order valence-corrected chi connectivity index (χ1v) is 8.40. The summed E-state index contributed by atoms with van der Waals surface area (Å²) in [5.74, 6) is -0.410. The number of anilines is 1. The first-order valence-electron chi connectivity index (χ1n) is 7.45. The van der Waals surface area contributed by atoms with E-state index >= 15 is 0 Å². The fraction of sp³-hybridized carbons (Fsp3) is 0.222. The number of hydrogen-bond acceptors (Lipinski definition) is 4. The van der Waals surface area contributed by atoms with Crippen LogP contribution in [0.5, 0.6) is 0 Å². The highest BCUT2D eigenvalue weighted by atomic mass is 32.1. The Hall–Kier alpha value is -2.44. The fourth-order valence-corrected chi connectivity index (χ4v) is 2.83. The van der Waals surface area contributed by atoms with Crippen LogP contribution in [0.3, 0.4) is 0 Å². The van der Waals surface area contributed by atoms with Crippen molar-refractivity contribution in [2.24, 2.45) is 0 Å². The second kappa shape index (κ2) is 7.90. The van der Waals surface area contributed by atoms with Gasteiger partial charge >= 0.3 is 0 Å². The van der Waals surface area contributed by atoms with Gasteiger partial charge in [0.25, 0.3) is 0 Å². The topological polar surface area (TPSA) is 78.4 Å². The zero-order valence-electron chi connectivity index (χ0n) is 13.6. The van der Waals surface area contributed by atoms with Crippen LogP contribution in [0.15, 0.2) is 47.2 Å². The van der Waals surface area contributed by atoms with Crippen molar-refractivity contribution in [2.45, 2.75) is 19.4 Å². The molecule has 126 valence electrons. The highest BCUT2D eigenvalue weighted by molar-refractivity contribution is 7.08. The third-order valence-corrected chi connectivity index (χ3v) is 4.09. The molecule has 24 heavy (non-hydrogen) atoms. The summed E-state index contributed by atoms with van der Waals surface area (Å²) >= 11 is 1.50. The summed E-state index contributed by atoms with van der Waals surface area (Å²) in [6.07, 6.45) is 3.09. The number of thiophene rings is 1. The molecule has 5 nitrogen and oxygen atoms in total. The minimum absolute atomic E-state index is 0.129. The minimum Gasteiger partial charge on any atom is -0.384 e. The Morgan fingerprint density at radius 1 is 1.25 bits per heavy atom. The normalized spacial score (nSPS) is 13.5. The third-order valence-electron chi connectivity index (χ3n) is 3.41. The Morgan fingerprint density at radius 2 is 1.96 bits per heavy atom. The molecule has 0 aliphatic heterocycles. The number of carbonyl (C=O) groups is 2. The molecule has 0 spiro atoms. The molecule has 0 aliphatic rings. The van der Waals surface area contributed by atoms with Gasteiger partial charge in [-0.05, 0) is 53.1 Å². The van der Waals surface area contributed by atoms with Crippen LogP contribution in [0.25, 0.3) is 6.08 Å². The highest BCUT2D eigenvalue weighted by Crippen LogP contribution is 2.22. The van der Waals surface area contributed by atoms with Crippen LogP contribution in [0.1, 0.15) is 25.0 Å². The predicted molar refractivity (Wildman–Crippen MR) is 96.7 cm³/mol. The lowest BCUT2D eigenvalue weighted by molar-refractivity contribution is -0.117. The predicted octanol–water partition coefficient (Wildman–Crippen LogP) is 2.74. The largest absolute Gasteiger partial charge is 0.384 e. The average Bonchev–Trinajstić information content (AvgIpc) is 3.07. The van der Waals surface area contributed by atoms with Crippen LogP contribution >= 0.6 is 11.3 Å². The summed E-state index contributed by atoms with van der Waals surface area (Å²) in [5, 5.41) is 19.5. The number of nitrogens with one attached hydrogen (secondary N) is 2. The number of hydrogen-bond donors (Lipinski definition) is 3. The number of carbonyl (C=O) groups excluding carboxylic acids is 2. The van der Waals surface area contributed by atoms with Crippen molar-refractivity contribution in [3.8, 4) is 0 Å². The molecule has 1 unspecified atom stereocenters. The summed E-state index contributed by atoms with van der Waals surface area (Å²) in [7, 11) is 0. The van der Waals surface area contributed by atoms with E-state index in [1.165, 1.54) is 24.3 Å². The molecule has 6 heteroatoms. The Morgan fingerprint density at radius 3 is 2.54 bits per heavy atom. The van der Waals surface area contributed by atoms with E-state index < -0.39 is 5.60 Å². The molecule has 1 aromatic heterocycles. The first kappa shape index (κ1) is 17.9. The van der Waals surface area contributed by atoms with Crippen LogP contribution in [0.2, 0.25) is 0 Å². The lowest BCUT2D eigenvalue weighted by Crippen LogP contribution is -2.37. The van der Waals surface area contributed by atoms with Crippen LogP contribution in [0, 0.1) is 0 Å². The van der Waals surface area contributed by atoms with E-state index in [4.69, 9.17) is 0 Å². The van der Waals surface area contributed by atoms with Crippen LogP contribution in [-0.4, -0.2) is 23.5 Å². The van der Waals surface area contributed by atoms with Crippen molar-refractivity contribution in [1.82, 2.24) is 5.32 Å². The maximum atomic E-state index is 11.9. The van der Waals surface area contributed by atoms with Crippen molar-refractivity contribution >= 4 is 34.9 Å². The van der Waals surface area contributed by atoms with Gasteiger partial charge in [0.1, 0.15) is 5.60 Å². The monoisotopic (exact) mass is 344 g/mol. The first-order chi connectivity index (χ1) is 11.4. The summed E-state index contributed by atoms with van der Waals surface area (Å²) in [5.41, 5.74) is 1.23. The van der Waals surface area contributed by atoms with Gasteiger partial charge in [0, 0.05) is 18.7 Å². The molecule has 0 saturated carbocycles. The highest BCUT2D eigenvalue weighted by Gasteiger charge is 2.23. The van der Waals surface area contributed by atoms with Crippen molar-refractivity contribution < 1.29 is 14.7 Å². The average molecular weight is 344 g/mol. The molecular weight excluding hydrogens is 324 g/mol. The van der Waals surface area contributed by atoms with Crippen molar-refractivity contribution in [3.63, 3.8) is 0 Å². The molecule has 0 bridgehead atoms. The molecule has 1 heterocycles. The van der Waals surface area contributed by atoms with Gasteiger partial charge in [0.15, 0.2) is 0 Å². The smallest absolute Gasteiger partial charge is 0.244 e. The van der Waals surface area contributed by atoms with E-state index in [0.717, 1.165) is 11.1 Å². The quantitative estimate of drug-likeness (QED) is 0.705. The summed E-state index contributed by atoms with van der Waals surface area (Å²) in [6.45, 7) is 3.25. The van der Waals surface area contributed by atoms with Gasteiger partial charge in [-0.25, -0.2) is 0 Å². The van der Waals surface area contributed by atoms with E-state index in [1.807, 2.05) is 16.8 Å². The lowest BCUT2D eigenvalue weighted by Gasteiger charge is -2.22. The maximum Gasteiger partial charge on any atom is 0.244 e. The molecule has 3 N–H and O–H groups in total. The van der Waals surface area contributed by atoms with E-state index in [-0.39, 0.29) is 18.4 Å². The molecular formula is C18H20N2O3S. The number of aliphatic hydroxyl groups is 1. The summed E-state index contributed by atoms with van der Waals surface area (Å²) in [6, 6.07) is 8.97. The van der Waals surface area contributed by atoms with Gasteiger partial charge in [-0.1, -0.05) is 12.1 Å². The van der Waals surface area contributed by atoms with Crippen molar-refractivity contribution in [1.29, 1.82) is 0 Å². The fourth-order valence-electron chi connectivity index (χ4n) is 2.04. The Labute approximate surface area is 145 Å². The van der Waals surface area contributed by atoms with Gasteiger partial charge < -0.3 is 15.7 Å². The lowest BCUT2D eigenvalue weighted by atomic mass is 9.99. The van der Waals surface area contributed by atoms with Gasteiger partial charge in [0.2, 0.25) is 11.8 Å². The third kappa shape index (κ3) is 5.33. The van der Waals surface area contributed by atoms with E-state index in [1.54, 1.807) is 37.3 Å². The van der Waals surface area contributed by atoms with Crippen molar-refractivity contribution in [3.05, 3.63) is 58.3 Å². The number of benzene rings is 1. The van der Waals surface area contributed by atoms with Gasteiger partial charge in [-0.3, -0.25) is 9.59 Å². The molecule has 0 fully saturated rings. The van der Waals surface area contributed by atoms with Gasteiger partial charge in [-0.15, -0.1) is 0 Å². The summed E-state index contributed by atoms with van der Waals surface area (Å²) < 4.78 is 0. The second-order valence-electron chi connectivity index (χ2n) is 5.64. The Kier molecular flexibility index (Phi) is 5.89. The molecule has 2 amide bonds. The SMILES string of the molecule is CC(=O)Nc1ccc(C=CC(=O)NCC(C)(O)c2ccsc2)cc1. The second-order valence-corrected chi connectivity index (χ2v) is 6.42. The molecule has 0 radical (unpaired) electrons. The molecule has 1 atom stereocenters. The molecule has 0 aliphatic carbocycles. The summed E-state index contributed by atoms with van der Waals surface area (Å²) in [4.78, 5) is 22.8. The zero-order valence-corrected chi connectivity index (χ0v) is 14.4. The van der Waals surface area contributed by atoms with Gasteiger partial charge in [0.05, 0.1) is 6.54 Å². The maximum absolute atomic E-state index is 11.9. The zero-order chi connectivity index (χ0) is 17.6. The van der Waals surface area contributed by atoms with E-state index in [2.05, 4.69) is 10.6 Å². The Bertz CT molecular complexity index is 719. The van der Waals surface area contributed by atoms with Crippen LogP contribution < -0.4 is 10.6 Å². The molecule has 0 saturated heterocycles. The van der Waals surface area contributed by atoms with E-state index in [9.17, 15) is 14.7 Å².